The van der Waals surface area contributed by atoms with Crippen molar-refractivity contribution in [3.05, 3.63) is 0 Å². The van der Waals surface area contributed by atoms with Crippen LogP contribution in [0, 0.1) is 11.3 Å². The molecule has 1 aliphatic carbocycles. The molecule has 0 bridgehead atoms. The van der Waals surface area contributed by atoms with Gasteiger partial charge in [0.05, 0.1) is 6.07 Å². The molecule has 0 radical (unpaired) electrons. The fourth-order valence-corrected chi connectivity index (χ4v) is 3.37. The number of rotatable bonds is 0. The second-order valence-electron chi connectivity index (χ2n) is 3.73. The molecule has 3 heteroatoms. The molecule has 60 valence electrons. The Morgan fingerprint density at radius 1 is 1.36 bits per heavy atom. The minimum atomic E-state index is -0.498. The minimum Gasteiger partial charge on any atom is -0.313 e. The topological polar surface area (TPSA) is 49.8 Å². The maximum Gasteiger partial charge on any atom is 0.106 e. The lowest BCUT2D eigenvalue weighted by Crippen LogP contribution is -2.45. The second-order valence-corrected chi connectivity index (χ2v) is 5.29. The van der Waals surface area contributed by atoms with E-state index < -0.39 is 5.54 Å². The Kier molecular flexibility index (Phi) is 1.45. The molecule has 2 aliphatic rings. The summed E-state index contributed by atoms with van der Waals surface area (Å²) in [6.07, 6.45) is 4.34. The van der Waals surface area contributed by atoms with Crippen molar-refractivity contribution in [2.45, 2.75) is 36.0 Å². The van der Waals surface area contributed by atoms with Crippen LogP contribution in [0.2, 0.25) is 0 Å². The van der Waals surface area contributed by atoms with Gasteiger partial charge in [0.25, 0.3) is 0 Å². The van der Waals surface area contributed by atoms with E-state index >= 15 is 0 Å². The van der Waals surface area contributed by atoms with Gasteiger partial charge in [-0.05, 0) is 31.4 Å². The van der Waals surface area contributed by atoms with Gasteiger partial charge in [-0.3, -0.25) is 0 Å². The van der Waals surface area contributed by atoms with Gasteiger partial charge in [-0.1, -0.05) is 0 Å². The van der Waals surface area contributed by atoms with E-state index in [0.717, 1.165) is 18.6 Å². The monoisotopic (exact) mass is 168 g/mol. The van der Waals surface area contributed by atoms with Crippen LogP contribution in [0.4, 0.5) is 0 Å². The maximum absolute atomic E-state index is 8.83. The number of nitrogens with zero attached hydrogens (tertiary/aromatic N) is 1. The first-order valence-corrected chi connectivity index (χ1v) is 5.01. The average Bonchev–Trinajstić information content (AvgIpc) is 2.69. The van der Waals surface area contributed by atoms with Gasteiger partial charge in [0.1, 0.15) is 5.54 Å². The van der Waals surface area contributed by atoms with E-state index in [4.69, 9.17) is 11.0 Å². The van der Waals surface area contributed by atoms with E-state index in [2.05, 4.69) is 6.07 Å². The van der Waals surface area contributed by atoms with Gasteiger partial charge in [-0.2, -0.15) is 17.0 Å². The van der Waals surface area contributed by atoms with Gasteiger partial charge in [0, 0.05) is 4.75 Å². The smallest absolute Gasteiger partial charge is 0.106 e. The molecule has 2 N–H and O–H groups in total. The van der Waals surface area contributed by atoms with E-state index in [9.17, 15) is 0 Å². The Morgan fingerprint density at radius 3 is 2.64 bits per heavy atom. The number of nitriles is 1. The molecule has 2 nitrogen and oxygen atoms in total. The van der Waals surface area contributed by atoms with Crippen molar-refractivity contribution in [3.63, 3.8) is 0 Å². The van der Waals surface area contributed by atoms with Crippen molar-refractivity contribution in [1.82, 2.24) is 0 Å². The first kappa shape index (κ1) is 7.45. The zero-order chi connectivity index (χ0) is 7.95. The Balaban J connectivity index is 2.10. The van der Waals surface area contributed by atoms with Crippen molar-refractivity contribution in [2.24, 2.45) is 5.73 Å². The molecule has 2 rings (SSSR count). The van der Waals surface area contributed by atoms with Gasteiger partial charge in [-0.15, -0.1) is 0 Å². The van der Waals surface area contributed by atoms with Crippen molar-refractivity contribution in [1.29, 1.82) is 5.26 Å². The summed E-state index contributed by atoms with van der Waals surface area (Å²) in [5.74, 6) is 1.07. The van der Waals surface area contributed by atoms with Crippen molar-refractivity contribution >= 4 is 11.8 Å². The van der Waals surface area contributed by atoms with Crippen LogP contribution in [0.15, 0.2) is 0 Å². The molecule has 2 fully saturated rings. The molecule has 1 aliphatic heterocycles. The number of hydrogen-bond donors (Lipinski definition) is 1. The van der Waals surface area contributed by atoms with Crippen molar-refractivity contribution in [2.75, 3.05) is 5.75 Å². The van der Waals surface area contributed by atoms with Crippen LogP contribution in [0.3, 0.4) is 0 Å². The zero-order valence-electron chi connectivity index (χ0n) is 6.47. The molecule has 1 heterocycles. The summed E-state index contributed by atoms with van der Waals surface area (Å²) in [6, 6.07) is 2.24. The Morgan fingerprint density at radius 2 is 2.09 bits per heavy atom. The molecule has 0 amide bonds. The summed E-state index contributed by atoms with van der Waals surface area (Å²) in [6.45, 7) is 0. The third kappa shape index (κ3) is 1.25. The molecule has 1 atom stereocenters. The summed E-state index contributed by atoms with van der Waals surface area (Å²) in [5.41, 5.74) is 5.40. The fraction of sp³-hybridized carbons (Fsp3) is 0.875. The van der Waals surface area contributed by atoms with Crippen molar-refractivity contribution in [3.8, 4) is 6.07 Å². The number of nitrogens with two attached hydrogens (primary N) is 1. The highest BCUT2D eigenvalue weighted by Gasteiger charge is 2.51. The first-order chi connectivity index (χ1) is 5.18. The molecule has 0 aromatic heterocycles. The van der Waals surface area contributed by atoms with Gasteiger partial charge in [0.2, 0.25) is 0 Å². The molecular formula is C8H12N2S. The third-order valence-electron chi connectivity index (χ3n) is 2.62. The molecule has 1 saturated heterocycles. The molecule has 11 heavy (non-hydrogen) atoms. The average molecular weight is 168 g/mol. The highest BCUT2D eigenvalue weighted by molar-refractivity contribution is 8.01. The van der Waals surface area contributed by atoms with E-state index in [1.807, 2.05) is 11.8 Å². The third-order valence-corrected chi connectivity index (χ3v) is 4.20. The largest absolute Gasteiger partial charge is 0.313 e. The van der Waals surface area contributed by atoms with Crippen LogP contribution in [-0.4, -0.2) is 16.0 Å². The molecular weight excluding hydrogens is 156 g/mol. The quantitative estimate of drug-likeness (QED) is 0.592. The molecule has 0 aromatic carbocycles. The van der Waals surface area contributed by atoms with E-state index in [-0.39, 0.29) is 0 Å². The molecule has 0 aromatic rings. The summed E-state index contributed by atoms with van der Waals surface area (Å²) in [7, 11) is 0. The first-order valence-electron chi connectivity index (χ1n) is 4.02. The Bertz CT molecular complexity index is 217. The zero-order valence-corrected chi connectivity index (χ0v) is 7.28. The van der Waals surface area contributed by atoms with E-state index in [1.54, 1.807) is 0 Å². The standard InChI is InChI=1S/C8H12N2S/c9-6-7(10)3-4-11-8(5-7)1-2-8/h1-5,10H2. The SMILES string of the molecule is N#CC1(N)CCSC2(CC2)C1. The lowest BCUT2D eigenvalue weighted by atomic mass is 9.91. The predicted molar refractivity (Wildman–Crippen MR) is 46.2 cm³/mol. The van der Waals surface area contributed by atoms with Gasteiger partial charge >= 0.3 is 0 Å². The summed E-state index contributed by atoms with van der Waals surface area (Å²) < 4.78 is 0.433. The number of hydrogen-bond acceptors (Lipinski definition) is 3. The molecule has 1 saturated carbocycles. The summed E-state index contributed by atoms with van der Waals surface area (Å²) >= 11 is 2.02. The van der Waals surface area contributed by atoms with E-state index in [1.165, 1.54) is 12.8 Å². The molecule has 1 unspecified atom stereocenters. The second kappa shape index (κ2) is 2.15. The van der Waals surface area contributed by atoms with Crippen molar-refractivity contribution < 1.29 is 0 Å². The summed E-state index contributed by atoms with van der Waals surface area (Å²) in [5, 5.41) is 8.83. The highest BCUT2D eigenvalue weighted by Crippen LogP contribution is 2.56. The lowest BCUT2D eigenvalue weighted by Gasteiger charge is -2.32. The Labute approximate surface area is 71.1 Å². The summed E-state index contributed by atoms with van der Waals surface area (Å²) in [4.78, 5) is 0. The number of thioether (sulfide) groups is 1. The normalized spacial score (nSPS) is 40.0. The van der Waals surface area contributed by atoms with Crippen LogP contribution in [0.5, 0.6) is 0 Å². The maximum atomic E-state index is 8.83. The van der Waals surface area contributed by atoms with Gasteiger partial charge in [0.15, 0.2) is 0 Å². The van der Waals surface area contributed by atoms with E-state index in [0.29, 0.717) is 4.75 Å². The van der Waals surface area contributed by atoms with Crippen LogP contribution < -0.4 is 5.73 Å². The van der Waals surface area contributed by atoms with Crippen LogP contribution in [-0.2, 0) is 0 Å². The van der Waals surface area contributed by atoms with Crippen LogP contribution in [0.1, 0.15) is 25.7 Å². The Hall–Kier alpha value is -0.200. The van der Waals surface area contributed by atoms with Crippen LogP contribution >= 0.6 is 11.8 Å². The molecule has 1 spiro atoms. The predicted octanol–water partition coefficient (Wildman–Crippen LogP) is 1.27. The van der Waals surface area contributed by atoms with Gasteiger partial charge in [-0.25, -0.2) is 0 Å². The fourth-order valence-electron chi connectivity index (χ4n) is 1.72. The van der Waals surface area contributed by atoms with Gasteiger partial charge < -0.3 is 5.73 Å². The highest BCUT2D eigenvalue weighted by atomic mass is 32.2. The minimum absolute atomic E-state index is 0.433. The lowest BCUT2D eigenvalue weighted by molar-refractivity contribution is 0.457. The van der Waals surface area contributed by atoms with Crippen LogP contribution in [0.25, 0.3) is 0 Å².